The monoisotopic (exact) mass is 378 g/mol. The number of benzene rings is 2. The summed E-state index contributed by atoms with van der Waals surface area (Å²) >= 11 is 0. The Morgan fingerprint density at radius 1 is 1.00 bits per heavy atom. The zero-order valence-electron chi connectivity index (χ0n) is 16.1. The molecule has 0 fully saturated rings. The van der Waals surface area contributed by atoms with Crippen molar-refractivity contribution >= 4 is 10.0 Å². The predicted octanol–water partition coefficient (Wildman–Crippen LogP) is 6.16. The fourth-order valence-corrected chi connectivity index (χ4v) is 4.50. The van der Waals surface area contributed by atoms with Gasteiger partial charge in [-0.15, -0.1) is 0 Å². The second-order valence-corrected chi connectivity index (χ2v) is 12.7. The van der Waals surface area contributed by atoms with Crippen molar-refractivity contribution in [1.82, 2.24) is 0 Å². The number of hydrogen-bond acceptors (Lipinski definition) is 1. The van der Waals surface area contributed by atoms with Crippen LogP contribution in [0.2, 0.25) is 0 Å². The van der Waals surface area contributed by atoms with Crippen LogP contribution in [-0.4, -0.2) is 31.1 Å². The van der Waals surface area contributed by atoms with Crippen molar-refractivity contribution in [3.05, 3.63) is 53.1 Å². The zero-order chi connectivity index (χ0) is 18.9. The summed E-state index contributed by atoms with van der Waals surface area (Å²) in [5.74, 6) is -0.899. The Morgan fingerprint density at radius 2 is 1.73 bits per heavy atom. The Kier molecular flexibility index (Phi) is 5.34. The van der Waals surface area contributed by atoms with Gasteiger partial charge in [-0.05, 0) is 79.2 Å². The smallest absolute Gasteiger partial charge is 0.277 e. The Hall–Kier alpha value is -1.55. The number of alkyl halides is 2. The minimum atomic E-state index is -2.83. The van der Waals surface area contributed by atoms with Gasteiger partial charge in [0.1, 0.15) is 5.75 Å². The Morgan fingerprint density at radius 3 is 2.46 bits per heavy atom. The van der Waals surface area contributed by atoms with Crippen LogP contribution >= 0.6 is 10.0 Å². The van der Waals surface area contributed by atoms with Crippen LogP contribution in [0.5, 0.6) is 5.75 Å². The molecule has 2 aromatic rings. The third-order valence-electron chi connectivity index (χ3n) is 4.77. The van der Waals surface area contributed by atoms with Gasteiger partial charge < -0.3 is 4.74 Å². The molecule has 1 nitrogen and oxygen atoms in total. The van der Waals surface area contributed by atoms with Crippen LogP contribution in [0.25, 0.3) is 11.1 Å². The summed E-state index contributed by atoms with van der Waals surface area (Å²) in [5.41, 5.74) is 3.21. The van der Waals surface area contributed by atoms with Gasteiger partial charge in [0.05, 0.1) is 6.61 Å². The molecular weight excluding hydrogens is 350 g/mol. The molecule has 0 unspecified atom stereocenters. The molecule has 0 spiro atoms. The van der Waals surface area contributed by atoms with E-state index in [0.717, 1.165) is 24.0 Å². The second-order valence-electron chi connectivity index (χ2n) is 8.10. The highest BCUT2D eigenvalue weighted by atomic mass is 32.3. The topological polar surface area (TPSA) is 9.23 Å². The van der Waals surface area contributed by atoms with Crippen molar-refractivity contribution in [2.75, 3.05) is 31.1 Å². The lowest BCUT2D eigenvalue weighted by atomic mass is 9.82. The van der Waals surface area contributed by atoms with E-state index in [1.165, 1.54) is 5.75 Å². The molecule has 0 atom stereocenters. The van der Waals surface area contributed by atoms with Crippen LogP contribution < -0.4 is 4.74 Å². The molecular formula is C22H28F2OS. The minimum absolute atomic E-state index is 0.142. The molecule has 0 saturated carbocycles. The van der Waals surface area contributed by atoms with Crippen LogP contribution in [0.4, 0.5) is 8.78 Å². The summed E-state index contributed by atoms with van der Waals surface area (Å²) in [6, 6.07) is 10.9. The highest BCUT2D eigenvalue weighted by Gasteiger charge is 2.39. The summed E-state index contributed by atoms with van der Waals surface area (Å²) < 4.78 is 35.1. The van der Waals surface area contributed by atoms with Crippen LogP contribution in [-0.2, 0) is 12.3 Å². The van der Waals surface area contributed by atoms with Crippen molar-refractivity contribution in [3.63, 3.8) is 0 Å². The number of aryl methyl sites for hydroxylation is 1. The van der Waals surface area contributed by atoms with Crippen LogP contribution in [0.3, 0.4) is 0 Å². The number of hydrogen-bond donors (Lipinski definition) is 0. The molecule has 0 saturated heterocycles. The van der Waals surface area contributed by atoms with E-state index >= 15 is 0 Å². The lowest BCUT2D eigenvalue weighted by molar-refractivity contribution is -0.00489. The molecule has 0 aliphatic heterocycles. The van der Waals surface area contributed by atoms with Crippen molar-refractivity contribution in [1.29, 1.82) is 0 Å². The molecule has 0 N–H and O–H groups in total. The quantitative estimate of drug-likeness (QED) is 0.547. The van der Waals surface area contributed by atoms with E-state index in [2.05, 4.69) is 18.8 Å². The maximum absolute atomic E-state index is 14.6. The largest absolute Gasteiger partial charge is 0.494 e. The average Bonchev–Trinajstić information content (AvgIpc) is 2.53. The maximum Gasteiger partial charge on any atom is 0.277 e. The molecule has 0 amide bonds. The van der Waals surface area contributed by atoms with Crippen LogP contribution in [0.1, 0.15) is 29.5 Å². The summed E-state index contributed by atoms with van der Waals surface area (Å²) in [6.45, 7) is 2.49. The molecule has 0 heterocycles. The molecule has 2 aromatic carbocycles. The van der Waals surface area contributed by atoms with E-state index in [1.807, 2.05) is 31.2 Å². The Labute approximate surface area is 157 Å². The highest BCUT2D eigenvalue weighted by molar-refractivity contribution is 8.32. The number of unbranched alkanes of at least 4 members (excludes halogenated alkanes) is 1. The van der Waals surface area contributed by atoms with Crippen LogP contribution in [0.15, 0.2) is 36.4 Å². The summed E-state index contributed by atoms with van der Waals surface area (Å²) in [5, 5.41) is 0. The number of fused-ring (bicyclic) bond motifs is 3. The third-order valence-corrected chi connectivity index (χ3v) is 6.28. The second kappa shape index (κ2) is 7.22. The van der Waals surface area contributed by atoms with Gasteiger partial charge in [0.2, 0.25) is 0 Å². The van der Waals surface area contributed by atoms with Gasteiger partial charge in [-0.2, -0.15) is 0 Å². The van der Waals surface area contributed by atoms with Crippen molar-refractivity contribution < 1.29 is 13.5 Å². The van der Waals surface area contributed by atoms with E-state index in [-0.39, 0.29) is 12.0 Å². The molecule has 142 valence electrons. The molecule has 26 heavy (non-hydrogen) atoms. The fourth-order valence-electron chi connectivity index (χ4n) is 3.43. The SMILES string of the molecule is Cc1ccc2c(c1)C(F)(F)Cc1cc(OCCCCS(C)(C)C)ccc1-2. The van der Waals surface area contributed by atoms with Crippen molar-refractivity contribution in [2.45, 2.75) is 32.1 Å². The molecule has 1 aliphatic rings. The summed E-state index contributed by atoms with van der Waals surface area (Å²) in [4.78, 5) is 0. The molecule has 0 radical (unpaired) electrons. The first-order valence-corrected chi connectivity index (χ1v) is 12.1. The number of rotatable bonds is 6. The fraction of sp³-hybridized carbons (Fsp3) is 0.455. The number of halogens is 2. The van der Waals surface area contributed by atoms with E-state index in [9.17, 15) is 8.78 Å². The Bertz CT molecular complexity index is 793. The van der Waals surface area contributed by atoms with Gasteiger partial charge >= 0.3 is 0 Å². The Balaban J connectivity index is 1.72. The van der Waals surface area contributed by atoms with Crippen molar-refractivity contribution in [2.24, 2.45) is 0 Å². The normalized spacial score (nSPS) is 15.9. The van der Waals surface area contributed by atoms with E-state index < -0.39 is 16.0 Å². The first-order valence-electron chi connectivity index (χ1n) is 9.07. The molecule has 4 heteroatoms. The molecule has 0 bridgehead atoms. The standard InChI is InChI=1S/C22H28F2OS/c1-16-7-9-20-19-10-8-18(25-11-5-6-12-26(2,3)4)14-17(19)15-22(23,24)21(20)13-16/h7-10,13-14H,5-6,11-12,15H2,1-4H3. The summed E-state index contributed by atoms with van der Waals surface area (Å²) in [7, 11) is -0.465. The van der Waals surface area contributed by atoms with Gasteiger partial charge in [-0.3, -0.25) is 0 Å². The van der Waals surface area contributed by atoms with E-state index in [0.29, 0.717) is 23.5 Å². The van der Waals surface area contributed by atoms with Gasteiger partial charge in [-0.25, -0.2) is 18.8 Å². The minimum Gasteiger partial charge on any atom is -0.494 e. The van der Waals surface area contributed by atoms with Crippen molar-refractivity contribution in [3.8, 4) is 16.9 Å². The zero-order valence-corrected chi connectivity index (χ0v) is 16.9. The first-order chi connectivity index (χ1) is 12.2. The summed E-state index contributed by atoms with van der Waals surface area (Å²) in [6.07, 6.45) is 8.84. The first kappa shape index (κ1) is 19.2. The average molecular weight is 379 g/mol. The van der Waals surface area contributed by atoms with Gasteiger partial charge in [0.15, 0.2) is 0 Å². The molecule has 3 rings (SSSR count). The van der Waals surface area contributed by atoms with Gasteiger partial charge in [0, 0.05) is 12.0 Å². The lowest BCUT2D eigenvalue weighted by Crippen LogP contribution is -2.23. The van der Waals surface area contributed by atoms with E-state index in [4.69, 9.17) is 4.74 Å². The van der Waals surface area contributed by atoms with E-state index in [1.54, 1.807) is 12.1 Å². The molecule has 1 aliphatic carbocycles. The highest BCUT2D eigenvalue weighted by Crippen LogP contribution is 2.46. The number of ether oxygens (including phenoxy) is 1. The lowest BCUT2D eigenvalue weighted by Gasteiger charge is -2.28. The maximum atomic E-state index is 14.6. The predicted molar refractivity (Wildman–Crippen MR) is 109 cm³/mol. The third kappa shape index (κ3) is 4.40. The molecule has 0 aromatic heterocycles. The van der Waals surface area contributed by atoms with Gasteiger partial charge in [-0.1, -0.05) is 23.8 Å². The van der Waals surface area contributed by atoms with Gasteiger partial charge in [0.25, 0.3) is 5.92 Å². The van der Waals surface area contributed by atoms with Crippen LogP contribution in [0, 0.1) is 6.92 Å².